The van der Waals surface area contributed by atoms with E-state index in [-0.39, 0.29) is 0 Å². The maximum Gasteiger partial charge on any atom is 0.298 e. The summed E-state index contributed by atoms with van der Waals surface area (Å²) >= 11 is 0. The number of anilines is 3. The van der Waals surface area contributed by atoms with Crippen LogP contribution in [0.15, 0.2) is 168 Å². The maximum atomic E-state index is 5.58. The molecule has 0 unspecified atom stereocenters. The van der Waals surface area contributed by atoms with Gasteiger partial charge >= 0.3 is 0 Å². The van der Waals surface area contributed by atoms with Crippen molar-refractivity contribution in [3.63, 3.8) is 0 Å². The Morgan fingerprint density at radius 3 is 1.69 bits per heavy atom. The molecule has 9 heteroatoms. The standard InChI is InChI=1S/C49H41N7Si2/c1-49(2)50-44-37(36-22-13-18-30-15-7-10-19-33(30)36)25-27-41(47(44)51-49)56(40-24-14-23-39-46(40)54-57(3,4)52-39)42-28-26-38(45-48(42)55-58(5,6)53-45)43-34-20-11-8-16-31(34)29-32-17-9-12-21-35(32)43/h7-29H,1-6H3. The van der Waals surface area contributed by atoms with Crippen LogP contribution in [0.4, 0.5) is 17.1 Å². The van der Waals surface area contributed by atoms with E-state index in [1.54, 1.807) is 0 Å². The van der Waals surface area contributed by atoms with Crippen molar-refractivity contribution in [3.05, 3.63) is 172 Å². The van der Waals surface area contributed by atoms with Gasteiger partial charge in [-0.15, -0.1) is 0 Å². The minimum Gasteiger partial charge on any atom is -0.304 e. The van der Waals surface area contributed by atoms with Gasteiger partial charge in [-0.2, -0.15) is 0 Å². The van der Waals surface area contributed by atoms with Gasteiger partial charge in [-0.05, 0) is 126 Å². The highest BCUT2D eigenvalue weighted by molar-refractivity contribution is 6.74. The van der Waals surface area contributed by atoms with E-state index in [0.29, 0.717) is 0 Å². The van der Waals surface area contributed by atoms with Crippen LogP contribution in [-0.2, 0) is 0 Å². The average Bonchev–Trinajstić information content (AvgIpc) is 3.84. The summed E-state index contributed by atoms with van der Waals surface area (Å²) in [6.45, 7) is 13.0. The van der Waals surface area contributed by atoms with Crippen molar-refractivity contribution in [1.29, 1.82) is 0 Å². The van der Waals surface area contributed by atoms with Crippen molar-refractivity contribution >= 4 is 66.2 Å². The van der Waals surface area contributed by atoms with E-state index in [1.165, 1.54) is 37.9 Å². The maximum absolute atomic E-state index is 5.58. The van der Waals surface area contributed by atoms with Crippen molar-refractivity contribution in [2.45, 2.75) is 45.7 Å². The molecule has 0 radical (unpaired) electrons. The number of fused-ring (bicyclic) bond motifs is 6. The van der Waals surface area contributed by atoms with E-state index < -0.39 is 22.5 Å². The van der Waals surface area contributed by atoms with Gasteiger partial charge in [0.05, 0.1) is 43.8 Å². The molecular formula is C49H41N7Si2. The van der Waals surface area contributed by atoms with Crippen LogP contribution in [0, 0.1) is 0 Å². The normalized spacial score (nSPS) is 16.3. The molecule has 3 heterocycles. The zero-order valence-electron chi connectivity index (χ0n) is 33.4. The topological polar surface area (TPSA) is 77.4 Å². The van der Waals surface area contributed by atoms with E-state index >= 15 is 0 Å². The third kappa shape index (κ3) is 5.44. The smallest absolute Gasteiger partial charge is 0.298 e. The predicted molar refractivity (Wildman–Crippen MR) is 240 cm³/mol. The molecule has 8 aromatic rings. The Kier molecular flexibility index (Phi) is 7.37. The molecule has 0 aromatic heterocycles. The number of nitrogens with zero attached hydrogens (tertiary/aromatic N) is 7. The summed E-state index contributed by atoms with van der Waals surface area (Å²) in [7, 11) is -4.69. The lowest BCUT2D eigenvalue weighted by Crippen LogP contribution is -2.38. The second kappa shape index (κ2) is 12.3. The number of rotatable bonds is 5. The molecule has 0 saturated heterocycles. The summed E-state index contributed by atoms with van der Waals surface area (Å²) in [4.78, 5) is 13.1. The molecule has 280 valence electrons. The molecule has 8 aromatic carbocycles. The molecule has 0 atom stereocenters. The van der Waals surface area contributed by atoms with Gasteiger partial charge in [0.2, 0.25) is 0 Å². The lowest BCUT2D eigenvalue weighted by atomic mass is 9.91. The first-order chi connectivity index (χ1) is 27.9. The zero-order valence-corrected chi connectivity index (χ0v) is 35.4. The molecular weight excluding hydrogens is 743 g/mol. The monoisotopic (exact) mass is 783 g/mol. The van der Waals surface area contributed by atoms with Crippen LogP contribution < -0.4 is 37.0 Å². The summed E-state index contributed by atoms with van der Waals surface area (Å²) in [5.74, 6) is 0. The van der Waals surface area contributed by atoms with Gasteiger partial charge in [0.15, 0.2) is 0 Å². The van der Waals surface area contributed by atoms with Crippen molar-refractivity contribution in [1.82, 2.24) is 0 Å². The third-order valence-corrected chi connectivity index (χ3v) is 14.5. The molecule has 0 amide bonds. The molecule has 0 aliphatic carbocycles. The van der Waals surface area contributed by atoms with Crippen LogP contribution in [0.3, 0.4) is 0 Å². The molecule has 0 saturated carbocycles. The molecule has 7 nitrogen and oxygen atoms in total. The fraction of sp³-hybridized carbons (Fsp3) is 0.143. The van der Waals surface area contributed by atoms with Crippen molar-refractivity contribution in [3.8, 4) is 22.3 Å². The summed E-state index contributed by atoms with van der Waals surface area (Å²) in [6, 6.07) is 50.0. The van der Waals surface area contributed by atoms with Gasteiger partial charge in [-0.1, -0.05) is 97.1 Å². The van der Waals surface area contributed by atoms with E-state index in [9.17, 15) is 0 Å². The van der Waals surface area contributed by atoms with E-state index in [0.717, 1.165) is 65.9 Å². The van der Waals surface area contributed by atoms with E-state index in [4.69, 9.17) is 28.6 Å². The van der Waals surface area contributed by atoms with Crippen molar-refractivity contribution in [2.75, 3.05) is 4.90 Å². The Morgan fingerprint density at radius 1 is 0.414 bits per heavy atom. The molecule has 0 spiro atoms. The molecule has 3 aliphatic rings. The highest BCUT2D eigenvalue weighted by Crippen LogP contribution is 2.38. The summed E-state index contributed by atoms with van der Waals surface area (Å²) in [6.07, 6.45) is 0. The van der Waals surface area contributed by atoms with Gasteiger partial charge < -0.3 is 4.90 Å². The van der Waals surface area contributed by atoms with Gasteiger partial charge in [0.25, 0.3) is 16.8 Å². The largest absolute Gasteiger partial charge is 0.304 e. The zero-order chi connectivity index (χ0) is 39.6. The van der Waals surface area contributed by atoms with Crippen LogP contribution in [0.1, 0.15) is 13.8 Å². The van der Waals surface area contributed by atoms with Gasteiger partial charge in [0.1, 0.15) is 11.0 Å². The highest BCUT2D eigenvalue weighted by atomic mass is 28.3. The minimum atomic E-state index is -2.44. The van der Waals surface area contributed by atoms with Crippen LogP contribution in [0.25, 0.3) is 54.6 Å². The Labute approximate surface area is 337 Å². The number of hydrogen-bond acceptors (Lipinski definition) is 7. The Morgan fingerprint density at radius 2 is 0.948 bits per heavy atom. The average molecular weight is 784 g/mol. The Bertz CT molecular complexity index is 3460. The van der Waals surface area contributed by atoms with Gasteiger partial charge in [-0.3, -0.25) is 28.6 Å². The first-order valence-electron chi connectivity index (χ1n) is 20.0. The van der Waals surface area contributed by atoms with Gasteiger partial charge in [0, 0.05) is 11.1 Å². The summed E-state index contributed by atoms with van der Waals surface area (Å²) in [5.41, 5.74) is 6.64. The van der Waals surface area contributed by atoms with E-state index in [2.05, 4.69) is 184 Å². The first kappa shape index (κ1) is 34.8. The number of benzene rings is 8. The molecule has 58 heavy (non-hydrogen) atoms. The number of hydrogen-bond donors (Lipinski definition) is 0. The van der Waals surface area contributed by atoms with Crippen molar-refractivity contribution in [2.24, 2.45) is 28.6 Å². The fourth-order valence-electron chi connectivity index (χ4n) is 9.16. The fourth-order valence-corrected chi connectivity index (χ4v) is 12.3. The highest BCUT2D eigenvalue weighted by Gasteiger charge is 2.32. The second-order valence-electron chi connectivity index (χ2n) is 17.0. The lowest BCUT2D eigenvalue weighted by Gasteiger charge is -2.26. The quantitative estimate of drug-likeness (QED) is 0.127. The third-order valence-electron chi connectivity index (χ3n) is 11.4. The molecule has 0 bridgehead atoms. The SMILES string of the molecule is CC1(C)N=c2c(-c3cccc4ccccc34)ccc(N(c3cccc4c3=N[Si](C)(C)N=4)c3ccc(-c4c5ccccc5cc5ccccc45)c4c3=N[Si](C)(C)N=4)c2=N1. The molecule has 0 N–H and O–H groups in total. The molecule has 11 rings (SSSR count). The van der Waals surface area contributed by atoms with Gasteiger partial charge in [-0.25, -0.2) is 0 Å². The van der Waals surface area contributed by atoms with Crippen LogP contribution in [-0.4, -0.2) is 22.5 Å². The Balaban J connectivity index is 1.24. The van der Waals surface area contributed by atoms with Crippen LogP contribution in [0.5, 0.6) is 0 Å². The van der Waals surface area contributed by atoms with Crippen LogP contribution in [0.2, 0.25) is 26.2 Å². The summed E-state index contributed by atoms with van der Waals surface area (Å²) in [5, 5.41) is 12.6. The summed E-state index contributed by atoms with van der Waals surface area (Å²) < 4.78 is 21.7. The second-order valence-corrected chi connectivity index (χ2v) is 23.9. The molecule has 0 fully saturated rings. The van der Waals surface area contributed by atoms with E-state index in [1.807, 2.05) is 0 Å². The lowest BCUT2D eigenvalue weighted by molar-refractivity contribution is 0.549. The van der Waals surface area contributed by atoms with Crippen molar-refractivity contribution < 1.29 is 0 Å². The minimum absolute atomic E-state index is 0.660. The Hall–Kier alpha value is -6.43. The first-order valence-corrected chi connectivity index (χ1v) is 25.8. The molecule has 3 aliphatic heterocycles. The predicted octanol–water partition coefficient (Wildman–Crippen LogP) is 8.85. The van der Waals surface area contributed by atoms with Crippen LogP contribution >= 0.6 is 0 Å².